The lowest BCUT2D eigenvalue weighted by Gasteiger charge is -2.18. The second-order valence-corrected chi connectivity index (χ2v) is 8.98. The van der Waals surface area contributed by atoms with E-state index >= 15 is 0 Å². The minimum absolute atomic E-state index is 0.233. The Morgan fingerprint density at radius 1 is 1.15 bits per heavy atom. The molecule has 1 N–H and O–H groups in total. The van der Waals surface area contributed by atoms with E-state index in [1.807, 2.05) is 39.0 Å². The van der Waals surface area contributed by atoms with Crippen LogP contribution in [0.15, 0.2) is 47.4 Å². The molecule has 0 fully saturated rings. The van der Waals surface area contributed by atoms with Crippen LogP contribution in [0.4, 0.5) is 5.13 Å². The second kappa shape index (κ2) is 7.75. The molecule has 3 rings (SSSR count). The van der Waals surface area contributed by atoms with E-state index in [1.54, 1.807) is 24.3 Å². The van der Waals surface area contributed by atoms with Crippen molar-refractivity contribution in [2.24, 2.45) is 0 Å². The van der Waals surface area contributed by atoms with Gasteiger partial charge in [0.05, 0.1) is 15.1 Å². The van der Waals surface area contributed by atoms with Crippen molar-refractivity contribution in [1.29, 1.82) is 0 Å². The fraction of sp³-hybridized carbons (Fsp3) is 0.263. The number of aryl methyl sites for hydroxylation is 1. The van der Waals surface area contributed by atoms with Gasteiger partial charge in [-0.25, -0.2) is 13.4 Å². The molecular weight excluding hydrogens is 382 g/mol. The molecule has 0 atom stereocenters. The molecule has 0 unspecified atom stereocenters. The van der Waals surface area contributed by atoms with Crippen LogP contribution in [0, 0.1) is 6.92 Å². The van der Waals surface area contributed by atoms with E-state index in [4.69, 9.17) is 0 Å². The number of aromatic nitrogens is 1. The molecule has 27 heavy (non-hydrogen) atoms. The number of fused-ring (bicyclic) bond motifs is 1. The van der Waals surface area contributed by atoms with Gasteiger partial charge >= 0.3 is 0 Å². The predicted octanol–water partition coefficient (Wildman–Crippen LogP) is 3.89. The van der Waals surface area contributed by atoms with Gasteiger partial charge in [0.1, 0.15) is 0 Å². The van der Waals surface area contributed by atoms with Crippen molar-refractivity contribution in [1.82, 2.24) is 9.29 Å². The average Bonchev–Trinajstić information content (AvgIpc) is 3.04. The molecular formula is C19H21N3O3S2. The zero-order chi connectivity index (χ0) is 19.6. The number of nitrogens with zero attached hydrogens (tertiary/aromatic N) is 2. The van der Waals surface area contributed by atoms with Crippen LogP contribution < -0.4 is 5.32 Å². The monoisotopic (exact) mass is 403 g/mol. The summed E-state index contributed by atoms with van der Waals surface area (Å²) < 4.78 is 27.5. The smallest absolute Gasteiger partial charge is 0.257 e. The Morgan fingerprint density at radius 3 is 2.52 bits per heavy atom. The molecule has 6 nitrogen and oxygen atoms in total. The summed E-state index contributed by atoms with van der Waals surface area (Å²) in [6.45, 7) is 6.32. The number of anilines is 1. The molecule has 142 valence electrons. The summed E-state index contributed by atoms with van der Waals surface area (Å²) in [5.74, 6) is -0.233. The highest BCUT2D eigenvalue weighted by Crippen LogP contribution is 2.29. The molecule has 0 aliphatic carbocycles. The molecule has 1 aromatic heterocycles. The van der Waals surface area contributed by atoms with Crippen molar-refractivity contribution in [3.8, 4) is 0 Å². The van der Waals surface area contributed by atoms with Crippen molar-refractivity contribution in [2.45, 2.75) is 25.7 Å². The van der Waals surface area contributed by atoms with Crippen molar-refractivity contribution in [3.05, 3.63) is 53.6 Å². The number of thiazole rings is 1. The lowest BCUT2D eigenvalue weighted by molar-refractivity contribution is 0.102. The van der Waals surface area contributed by atoms with Crippen molar-refractivity contribution < 1.29 is 13.2 Å². The Bertz CT molecular complexity index is 1090. The van der Waals surface area contributed by atoms with Gasteiger partial charge in [-0.3, -0.25) is 10.1 Å². The van der Waals surface area contributed by atoms with Crippen LogP contribution in [0.25, 0.3) is 10.2 Å². The van der Waals surface area contributed by atoms with Crippen molar-refractivity contribution in [2.75, 3.05) is 18.4 Å². The first kappa shape index (κ1) is 19.5. The van der Waals surface area contributed by atoms with E-state index in [0.717, 1.165) is 5.56 Å². The van der Waals surface area contributed by atoms with Gasteiger partial charge in [0, 0.05) is 18.7 Å². The first-order chi connectivity index (χ1) is 12.9. The van der Waals surface area contributed by atoms with Crippen LogP contribution >= 0.6 is 11.3 Å². The Morgan fingerprint density at radius 2 is 1.85 bits per heavy atom. The topological polar surface area (TPSA) is 79.4 Å². The number of hydrogen-bond donors (Lipinski definition) is 1. The van der Waals surface area contributed by atoms with E-state index in [2.05, 4.69) is 10.3 Å². The highest BCUT2D eigenvalue weighted by molar-refractivity contribution is 7.89. The lowest BCUT2D eigenvalue weighted by Crippen LogP contribution is -2.30. The predicted molar refractivity (Wildman–Crippen MR) is 109 cm³/mol. The van der Waals surface area contributed by atoms with Crippen LogP contribution in [-0.4, -0.2) is 36.7 Å². The van der Waals surface area contributed by atoms with E-state index < -0.39 is 10.0 Å². The van der Waals surface area contributed by atoms with Crippen LogP contribution in [0.5, 0.6) is 0 Å². The molecule has 0 bridgehead atoms. The number of nitrogens with one attached hydrogen (secondary N) is 1. The third-order valence-electron chi connectivity index (χ3n) is 4.31. The maximum atomic E-state index is 12.7. The normalized spacial score (nSPS) is 11.9. The van der Waals surface area contributed by atoms with Gasteiger partial charge in [0.15, 0.2) is 5.13 Å². The Kier molecular flexibility index (Phi) is 5.59. The van der Waals surface area contributed by atoms with Gasteiger partial charge in [-0.2, -0.15) is 4.31 Å². The summed E-state index contributed by atoms with van der Waals surface area (Å²) in [4.78, 5) is 17.1. The molecule has 3 aromatic rings. The molecule has 0 saturated carbocycles. The molecule has 0 aliphatic rings. The maximum Gasteiger partial charge on any atom is 0.257 e. The molecule has 0 radical (unpaired) electrons. The van der Waals surface area contributed by atoms with E-state index in [-0.39, 0.29) is 10.8 Å². The first-order valence-electron chi connectivity index (χ1n) is 8.64. The maximum absolute atomic E-state index is 12.7. The van der Waals surface area contributed by atoms with Crippen LogP contribution in [0.1, 0.15) is 29.8 Å². The second-order valence-electron chi connectivity index (χ2n) is 6.01. The quantitative estimate of drug-likeness (QED) is 0.677. The zero-order valence-corrected chi connectivity index (χ0v) is 17.0. The van der Waals surface area contributed by atoms with E-state index in [1.165, 1.54) is 15.6 Å². The average molecular weight is 404 g/mol. The van der Waals surface area contributed by atoms with Crippen LogP contribution in [-0.2, 0) is 10.0 Å². The van der Waals surface area contributed by atoms with E-state index in [0.29, 0.717) is 34.0 Å². The molecule has 0 spiro atoms. The number of rotatable bonds is 6. The summed E-state index contributed by atoms with van der Waals surface area (Å²) in [5.41, 5.74) is 2.11. The highest BCUT2D eigenvalue weighted by atomic mass is 32.2. The number of carbonyl (C=O) groups excluding carboxylic acids is 1. The Balaban J connectivity index is 1.90. The number of sulfonamides is 1. The number of carbonyl (C=O) groups is 1. The van der Waals surface area contributed by atoms with Crippen molar-refractivity contribution in [3.63, 3.8) is 0 Å². The van der Waals surface area contributed by atoms with Gasteiger partial charge in [-0.05, 0) is 36.8 Å². The summed E-state index contributed by atoms with van der Waals surface area (Å²) in [6, 6.07) is 12.2. The van der Waals surface area contributed by atoms with Gasteiger partial charge < -0.3 is 0 Å². The number of hydrogen-bond acceptors (Lipinski definition) is 5. The largest absolute Gasteiger partial charge is 0.298 e. The highest BCUT2D eigenvalue weighted by Gasteiger charge is 2.22. The molecule has 1 amide bonds. The first-order valence-corrected chi connectivity index (χ1v) is 10.9. The fourth-order valence-corrected chi connectivity index (χ4v) is 5.28. The molecule has 0 aliphatic heterocycles. The SMILES string of the molecule is CCN(CC)S(=O)(=O)c1ccc2nc(NC(=O)c3ccccc3C)sc2c1. The van der Waals surface area contributed by atoms with Crippen LogP contribution in [0.2, 0.25) is 0 Å². The minimum Gasteiger partial charge on any atom is -0.298 e. The molecule has 8 heteroatoms. The number of benzene rings is 2. The van der Waals surface area contributed by atoms with Gasteiger partial charge in [0.2, 0.25) is 10.0 Å². The van der Waals surface area contributed by atoms with Gasteiger partial charge in [0.25, 0.3) is 5.91 Å². The lowest BCUT2D eigenvalue weighted by atomic mass is 10.1. The zero-order valence-electron chi connectivity index (χ0n) is 15.4. The molecule has 0 saturated heterocycles. The van der Waals surface area contributed by atoms with Gasteiger partial charge in [-0.15, -0.1) is 0 Å². The van der Waals surface area contributed by atoms with E-state index in [9.17, 15) is 13.2 Å². The third kappa shape index (κ3) is 3.87. The van der Waals surface area contributed by atoms with Gasteiger partial charge in [-0.1, -0.05) is 43.4 Å². The minimum atomic E-state index is -3.53. The Labute approximate surface area is 162 Å². The summed E-state index contributed by atoms with van der Waals surface area (Å²) >= 11 is 1.26. The standard InChI is InChI=1S/C19H21N3O3S2/c1-4-22(5-2)27(24,25)14-10-11-16-17(12-14)26-19(20-16)21-18(23)15-9-7-6-8-13(15)3/h6-12H,4-5H2,1-3H3,(H,20,21,23). The summed E-state index contributed by atoms with van der Waals surface area (Å²) in [7, 11) is -3.53. The number of amides is 1. The third-order valence-corrected chi connectivity index (χ3v) is 7.29. The van der Waals surface area contributed by atoms with Crippen molar-refractivity contribution >= 4 is 42.6 Å². The summed E-state index contributed by atoms with van der Waals surface area (Å²) in [5, 5.41) is 3.24. The molecule has 1 heterocycles. The van der Waals surface area contributed by atoms with Crippen LogP contribution in [0.3, 0.4) is 0 Å². The molecule has 2 aromatic carbocycles. The summed E-state index contributed by atoms with van der Waals surface area (Å²) in [6.07, 6.45) is 0. The fourth-order valence-electron chi connectivity index (χ4n) is 2.82. The Hall–Kier alpha value is -2.29.